The summed E-state index contributed by atoms with van der Waals surface area (Å²) in [6.07, 6.45) is 0. The molecule has 0 aliphatic carbocycles. The first-order valence-corrected chi connectivity index (χ1v) is 6.82. The summed E-state index contributed by atoms with van der Waals surface area (Å²) in [6.45, 7) is 2.02. The number of thiophene rings is 1. The molecular formula is C14H13N3OS. The molecule has 2 heterocycles. The molecule has 3 rings (SSSR count). The lowest BCUT2D eigenvalue weighted by atomic mass is 10.1. The molecule has 2 aromatic heterocycles. The van der Waals surface area contributed by atoms with Crippen molar-refractivity contribution < 1.29 is 4.52 Å². The van der Waals surface area contributed by atoms with E-state index < -0.39 is 0 Å². The van der Waals surface area contributed by atoms with E-state index in [9.17, 15) is 0 Å². The summed E-state index contributed by atoms with van der Waals surface area (Å²) in [7, 11) is 0. The molecule has 0 amide bonds. The van der Waals surface area contributed by atoms with E-state index in [1.807, 2.05) is 48.7 Å². The molecule has 4 nitrogen and oxygen atoms in total. The quantitative estimate of drug-likeness (QED) is 0.794. The van der Waals surface area contributed by atoms with Gasteiger partial charge in [-0.15, -0.1) is 11.3 Å². The number of aryl methyl sites for hydroxylation is 1. The Hall–Kier alpha value is -1.98. The number of hydrogen-bond donors (Lipinski definition) is 1. The summed E-state index contributed by atoms with van der Waals surface area (Å²) in [5.41, 5.74) is 8.18. The van der Waals surface area contributed by atoms with E-state index in [0.29, 0.717) is 11.7 Å². The fourth-order valence-corrected chi connectivity index (χ4v) is 2.60. The van der Waals surface area contributed by atoms with Crippen molar-refractivity contribution in [3.05, 3.63) is 58.1 Å². The van der Waals surface area contributed by atoms with Crippen molar-refractivity contribution in [3.8, 4) is 11.4 Å². The summed E-state index contributed by atoms with van der Waals surface area (Å²) in [4.78, 5) is 5.41. The van der Waals surface area contributed by atoms with E-state index in [0.717, 1.165) is 16.0 Å². The Morgan fingerprint density at radius 3 is 2.79 bits per heavy atom. The fourth-order valence-electron chi connectivity index (χ4n) is 1.88. The Bertz CT molecular complexity index is 676. The van der Waals surface area contributed by atoms with Crippen molar-refractivity contribution in [2.45, 2.75) is 13.0 Å². The maximum absolute atomic E-state index is 6.10. The molecule has 0 bridgehead atoms. The molecule has 1 aromatic carbocycles. The van der Waals surface area contributed by atoms with Crippen molar-refractivity contribution >= 4 is 11.3 Å². The molecule has 0 fully saturated rings. The SMILES string of the molecule is Cc1ccccc1-c1noc(C(N)c2cccs2)n1. The lowest BCUT2D eigenvalue weighted by Gasteiger charge is -2.02. The largest absolute Gasteiger partial charge is 0.337 e. The van der Waals surface area contributed by atoms with Crippen LogP contribution in [0.4, 0.5) is 0 Å². The molecule has 0 aliphatic rings. The van der Waals surface area contributed by atoms with Gasteiger partial charge in [0.15, 0.2) is 0 Å². The molecular weight excluding hydrogens is 258 g/mol. The predicted octanol–water partition coefficient (Wildman–Crippen LogP) is 3.15. The Morgan fingerprint density at radius 1 is 1.21 bits per heavy atom. The third-order valence-electron chi connectivity index (χ3n) is 2.94. The summed E-state index contributed by atoms with van der Waals surface area (Å²) < 4.78 is 5.28. The number of nitrogens with two attached hydrogens (primary N) is 1. The third kappa shape index (κ3) is 2.30. The van der Waals surface area contributed by atoms with Crippen LogP contribution in [-0.2, 0) is 0 Å². The first-order chi connectivity index (χ1) is 9.25. The lowest BCUT2D eigenvalue weighted by Crippen LogP contribution is -2.10. The smallest absolute Gasteiger partial charge is 0.249 e. The van der Waals surface area contributed by atoms with Crippen molar-refractivity contribution in [3.63, 3.8) is 0 Å². The zero-order valence-electron chi connectivity index (χ0n) is 10.4. The maximum atomic E-state index is 6.10. The highest BCUT2D eigenvalue weighted by Gasteiger charge is 2.18. The lowest BCUT2D eigenvalue weighted by molar-refractivity contribution is 0.368. The Morgan fingerprint density at radius 2 is 2.05 bits per heavy atom. The summed E-state index contributed by atoms with van der Waals surface area (Å²) in [6, 6.07) is 11.5. The predicted molar refractivity (Wildman–Crippen MR) is 74.8 cm³/mol. The van der Waals surface area contributed by atoms with Crippen molar-refractivity contribution in [2.75, 3.05) is 0 Å². The van der Waals surface area contributed by atoms with Gasteiger partial charge in [-0.3, -0.25) is 0 Å². The van der Waals surface area contributed by atoms with Crippen LogP contribution in [0, 0.1) is 6.92 Å². The Balaban J connectivity index is 1.94. The highest BCUT2D eigenvalue weighted by molar-refractivity contribution is 7.10. The molecule has 1 unspecified atom stereocenters. The number of nitrogens with zero attached hydrogens (tertiary/aromatic N) is 2. The topological polar surface area (TPSA) is 64.9 Å². The van der Waals surface area contributed by atoms with Gasteiger partial charge in [-0.25, -0.2) is 0 Å². The minimum absolute atomic E-state index is 0.356. The minimum Gasteiger partial charge on any atom is -0.337 e. The molecule has 3 aromatic rings. The second kappa shape index (κ2) is 4.95. The zero-order valence-corrected chi connectivity index (χ0v) is 11.2. The van der Waals surface area contributed by atoms with Crippen LogP contribution in [0.5, 0.6) is 0 Å². The standard InChI is InChI=1S/C14H13N3OS/c1-9-5-2-3-6-10(9)13-16-14(18-17-13)12(15)11-7-4-8-19-11/h2-8,12H,15H2,1H3. The first kappa shape index (κ1) is 12.1. The minimum atomic E-state index is -0.356. The molecule has 1 atom stereocenters. The van der Waals surface area contributed by atoms with Crippen LogP contribution < -0.4 is 5.73 Å². The summed E-state index contributed by atoms with van der Waals surface area (Å²) in [5.74, 6) is 1.03. The van der Waals surface area contributed by atoms with Gasteiger partial charge in [0.25, 0.3) is 0 Å². The van der Waals surface area contributed by atoms with Gasteiger partial charge in [-0.2, -0.15) is 4.98 Å². The second-order valence-corrected chi connectivity index (χ2v) is 5.24. The van der Waals surface area contributed by atoms with Gasteiger partial charge in [0, 0.05) is 10.4 Å². The van der Waals surface area contributed by atoms with Gasteiger partial charge < -0.3 is 10.3 Å². The van der Waals surface area contributed by atoms with Crippen LogP contribution >= 0.6 is 11.3 Å². The van der Waals surface area contributed by atoms with Crippen molar-refractivity contribution in [2.24, 2.45) is 5.73 Å². The van der Waals surface area contributed by atoms with Crippen LogP contribution in [0.25, 0.3) is 11.4 Å². The number of aromatic nitrogens is 2. The number of hydrogen-bond acceptors (Lipinski definition) is 5. The van der Waals surface area contributed by atoms with Crippen molar-refractivity contribution in [1.29, 1.82) is 0 Å². The molecule has 2 N–H and O–H groups in total. The van der Waals surface area contributed by atoms with Gasteiger partial charge in [-0.05, 0) is 23.9 Å². The molecule has 19 heavy (non-hydrogen) atoms. The van der Waals surface area contributed by atoms with Crippen molar-refractivity contribution in [1.82, 2.24) is 10.1 Å². The molecule has 5 heteroatoms. The van der Waals surface area contributed by atoms with Gasteiger partial charge in [-0.1, -0.05) is 35.5 Å². The van der Waals surface area contributed by atoms with E-state index in [-0.39, 0.29) is 6.04 Å². The average molecular weight is 271 g/mol. The van der Waals surface area contributed by atoms with E-state index >= 15 is 0 Å². The number of benzene rings is 1. The highest BCUT2D eigenvalue weighted by Crippen LogP contribution is 2.25. The summed E-state index contributed by atoms with van der Waals surface area (Å²) in [5, 5.41) is 6.00. The van der Waals surface area contributed by atoms with Crippen LogP contribution in [0.3, 0.4) is 0 Å². The van der Waals surface area contributed by atoms with Gasteiger partial charge in [0.2, 0.25) is 11.7 Å². The van der Waals surface area contributed by atoms with Crippen LogP contribution in [0.2, 0.25) is 0 Å². The molecule has 0 saturated heterocycles. The Labute approximate surface area is 114 Å². The van der Waals surface area contributed by atoms with Crippen LogP contribution in [0.15, 0.2) is 46.3 Å². The maximum Gasteiger partial charge on any atom is 0.249 e. The zero-order chi connectivity index (χ0) is 13.2. The Kier molecular flexibility index (Phi) is 3.15. The fraction of sp³-hybridized carbons (Fsp3) is 0.143. The molecule has 0 saturated carbocycles. The average Bonchev–Trinajstić information content (AvgIpc) is 3.10. The van der Waals surface area contributed by atoms with Gasteiger partial charge in [0.1, 0.15) is 6.04 Å². The third-order valence-corrected chi connectivity index (χ3v) is 3.90. The van der Waals surface area contributed by atoms with Crippen LogP contribution in [0.1, 0.15) is 22.4 Å². The van der Waals surface area contributed by atoms with E-state index in [2.05, 4.69) is 10.1 Å². The second-order valence-electron chi connectivity index (χ2n) is 4.26. The molecule has 0 radical (unpaired) electrons. The van der Waals surface area contributed by atoms with Gasteiger partial charge >= 0.3 is 0 Å². The number of rotatable bonds is 3. The van der Waals surface area contributed by atoms with Gasteiger partial charge in [0.05, 0.1) is 0 Å². The monoisotopic (exact) mass is 271 g/mol. The van der Waals surface area contributed by atoms with E-state index in [1.165, 1.54) is 0 Å². The first-order valence-electron chi connectivity index (χ1n) is 5.94. The van der Waals surface area contributed by atoms with E-state index in [1.54, 1.807) is 11.3 Å². The van der Waals surface area contributed by atoms with E-state index in [4.69, 9.17) is 10.3 Å². The van der Waals surface area contributed by atoms with Crippen LogP contribution in [-0.4, -0.2) is 10.1 Å². The molecule has 0 aliphatic heterocycles. The molecule has 96 valence electrons. The highest BCUT2D eigenvalue weighted by atomic mass is 32.1. The normalized spacial score (nSPS) is 12.5. The summed E-state index contributed by atoms with van der Waals surface area (Å²) >= 11 is 1.58. The molecule has 0 spiro atoms.